The Kier molecular flexibility index (Phi) is 3.37. The molecule has 0 unspecified atom stereocenters. The van der Waals surface area contributed by atoms with E-state index >= 15 is 0 Å². The van der Waals surface area contributed by atoms with Gasteiger partial charge in [0.15, 0.2) is 17.2 Å². The molecule has 0 aliphatic carbocycles. The Bertz CT molecular complexity index is 948. The van der Waals surface area contributed by atoms with E-state index in [4.69, 9.17) is 0 Å². The number of azo groups is 1. The molecule has 0 saturated carbocycles. The van der Waals surface area contributed by atoms with Gasteiger partial charge in [-0.3, -0.25) is 14.5 Å². The van der Waals surface area contributed by atoms with Crippen molar-refractivity contribution >= 4 is 22.8 Å². The van der Waals surface area contributed by atoms with E-state index in [0.29, 0.717) is 17.2 Å². The van der Waals surface area contributed by atoms with Crippen molar-refractivity contribution in [3.63, 3.8) is 0 Å². The zero-order valence-corrected chi connectivity index (χ0v) is 11.9. The maximum Gasteiger partial charge on any atom is 0.271 e. The minimum Gasteiger partial charge on any atom is -0.506 e. The molecule has 9 nitrogen and oxygen atoms in total. The van der Waals surface area contributed by atoms with Crippen LogP contribution in [-0.4, -0.2) is 24.5 Å². The number of non-ortho nitro benzene ring substituents is 1. The summed E-state index contributed by atoms with van der Waals surface area (Å²) in [5, 5.41) is 38.1. The van der Waals surface area contributed by atoms with Crippen molar-refractivity contribution in [1.82, 2.24) is 9.38 Å². The first kappa shape index (κ1) is 14.4. The molecule has 2 N–H and O–H groups in total. The minimum absolute atomic E-state index is 0.00440. The molecular weight excluding hydrogens is 302 g/mol. The van der Waals surface area contributed by atoms with E-state index in [0.717, 1.165) is 6.07 Å². The molecule has 0 amide bonds. The van der Waals surface area contributed by atoms with E-state index in [2.05, 4.69) is 15.2 Å². The quantitative estimate of drug-likeness (QED) is 0.435. The normalized spacial score (nSPS) is 11.3. The molecule has 116 valence electrons. The zero-order chi connectivity index (χ0) is 16.6. The molecule has 0 atom stereocenters. The first-order valence-electron chi connectivity index (χ1n) is 6.53. The Hall–Kier alpha value is -3.49. The topological polar surface area (TPSA) is 126 Å². The lowest BCUT2D eigenvalue weighted by Gasteiger charge is -1.99. The second-order valence-corrected chi connectivity index (χ2v) is 4.74. The molecule has 3 rings (SSSR count). The van der Waals surface area contributed by atoms with Crippen molar-refractivity contribution in [2.75, 3.05) is 0 Å². The lowest BCUT2D eigenvalue weighted by Crippen LogP contribution is -1.86. The predicted molar refractivity (Wildman–Crippen MR) is 80.5 cm³/mol. The maximum atomic E-state index is 10.8. The minimum atomic E-state index is -0.587. The van der Waals surface area contributed by atoms with Crippen LogP contribution >= 0.6 is 0 Å². The second-order valence-electron chi connectivity index (χ2n) is 4.74. The van der Waals surface area contributed by atoms with E-state index in [1.807, 2.05) is 0 Å². The third-order valence-electron chi connectivity index (χ3n) is 3.19. The Morgan fingerprint density at radius 3 is 2.74 bits per heavy atom. The van der Waals surface area contributed by atoms with E-state index in [-0.39, 0.29) is 22.9 Å². The Labute approximate surface area is 129 Å². The van der Waals surface area contributed by atoms with Gasteiger partial charge in [-0.25, -0.2) is 4.98 Å². The first-order valence-corrected chi connectivity index (χ1v) is 6.53. The van der Waals surface area contributed by atoms with Gasteiger partial charge in [0.05, 0.1) is 10.6 Å². The van der Waals surface area contributed by atoms with Crippen molar-refractivity contribution in [3.8, 4) is 11.5 Å². The van der Waals surface area contributed by atoms with E-state index in [9.17, 15) is 20.3 Å². The van der Waals surface area contributed by atoms with E-state index < -0.39 is 4.92 Å². The van der Waals surface area contributed by atoms with Crippen molar-refractivity contribution in [2.45, 2.75) is 6.92 Å². The molecule has 0 aliphatic rings. The molecule has 0 spiro atoms. The number of fused-ring (bicyclic) bond motifs is 1. The number of phenolic OH excluding ortho intramolecular Hbond substituents is 1. The molecule has 3 aromatic rings. The number of rotatable bonds is 3. The van der Waals surface area contributed by atoms with Gasteiger partial charge in [-0.15, -0.1) is 10.2 Å². The summed E-state index contributed by atoms with van der Waals surface area (Å²) in [6.45, 7) is 1.69. The van der Waals surface area contributed by atoms with Gasteiger partial charge in [0, 0.05) is 18.3 Å². The molecule has 0 aliphatic heterocycles. The molecule has 0 radical (unpaired) electrons. The molecule has 9 heteroatoms. The molecule has 2 aromatic heterocycles. The molecule has 1 aromatic carbocycles. The fourth-order valence-corrected chi connectivity index (χ4v) is 2.08. The highest BCUT2D eigenvalue weighted by atomic mass is 16.6. The smallest absolute Gasteiger partial charge is 0.271 e. The fourth-order valence-electron chi connectivity index (χ4n) is 2.08. The Morgan fingerprint density at radius 2 is 2.00 bits per heavy atom. The van der Waals surface area contributed by atoms with Crippen molar-refractivity contribution < 1.29 is 15.1 Å². The fraction of sp³-hybridized carbons (Fsp3) is 0.0714. The molecular formula is C14H11N5O4. The number of aromatic hydroxyl groups is 2. The summed E-state index contributed by atoms with van der Waals surface area (Å²) in [6, 6.07) is 6.59. The van der Waals surface area contributed by atoms with Gasteiger partial charge in [0.1, 0.15) is 11.4 Å². The number of nitro benzene ring substituents is 1. The SMILES string of the molecule is Cc1nc2c(O)cccn2c1N=Nc1cc([N+](=O)[O-])ccc1O. The summed E-state index contributed by atoms with van der Waals surface area (Å²) in [6.07, 6.45) is 1.65. The lowest BCUT2D eigenvalue weighted by atomic mass is 10.2. The number of benzene rings is 1. The van der Waals surface area contributed by atoms with Crippen molar-refractivity contribution in [2.24, 2.45) is 10.2 Å². The highest BCUT2D eigenvalue weighted by Gasteiger charge is 2.13. The van der Waals surface area contributed by atoms with Crippen LogP contribution < -0.4 is 0 Å². The maximum absolute atomic E-state index is 10.8. The van der Waals surface area contributed by atoms with Crippen LogP contribution in [-0.2, 0) is 0 Å². The van der Waals surface area contributed by atoms with Gasteiger partial charge in [-0.2, -0.15) is 0 Å². The molecule has 23 heavy (non-hydrogen) atoms. The second kappa shape index (κ2) is 5.37. The van der Waals surface area contributed by atoms with Crippen molar-refractivity contribution in [1.29, 1.82) is 0 Å². The van der Waals surface area contributed by atoms with Gasteiger partial charge < -0.3 is 10.2 Å². The number of aromatic nitrogens is 2. The van der Waals surface area contributed by atoms with Crippen LogP contribution in [0.3, 0.4) is 0 Å². The van der Waals surface area contributed by atoms with Crippen LogP contribution in [0.5, 0.6) is 11.5 Å². The van der Waals surface area contributed by atoms with Crippen molar-refractivity contribution in [3.05, 3.63) is 52.3 Å². The summed E-state index contributed by atoms with van der Waals surface area (Å²) in [5.41, 5.74) is 0.598. The number of hydrogen-bond donors (Lipinski definition) is 2. The number of aryl methyl sites for hydroxylation is 1. The summed E-state index contributed by atoms with van der Waals surface area (Å²) < 4.78 is 1.53. The number of phenols is 1. The average Bonchev–Trinajstić information content (AvgIpc) is 2.83. The third-order valence-corrected chi connectivity index (χ3v) is 3.19. The Balaban J connectivity index is 2.07. The number of nitrogens with zero attached hydrogens (tertiary/aromatic N) is 5. The van der Waals surface area contributed by atoms with Gasteiger partial charge in [-0.1, -0.05) is 0 Å². The van der Waals surface area contributed by atoms with Gasteiger partial charge in [-0.05, 0) is 25.1 Å². The van der Waals surface area contributed by atoms with E-state index in [1.54, 1.807) is 19.2 Å². The van der Waals surface area contributed by atoms with Gasteiger partial charge in [0.2, 0.25) is 0 Å². The summed E-state index contributed by atoms with van der Waals surface area (Å²) in [5.74, 6) is 0.116. The molecule has 0 fully saturated rings. The predicted octanol–water partition coefficient (Wildman–Crippen LogP) is 3.38. The standard InChI is InChI=1S/C14H11N5O4/c1-8-13(18-6-2-3-12(21)14(18)15-8)17-16-10-7-9(19(22)23)4-5-11(10)20/h2-7,20-21H,1H3. The Morgan fingerprint density at radius 1 is 1.22 bits per heavy atom. The van der Waals surface area contributed by atoms with Crippen LogP contribution in [0.4, 0.5) is 17.2 Å². The number of pyridine rings is 1. The molecule has 2 heterocycles. The highest BCUT2D eigenvalue weighted by molar-refractivity contribution is 5.60. The van der Waals surface area contributed by atoms with Crippen LogP contribution in [0.25, 0.3) is 5.65 Å². The monoisotopic (exact) mass is 313 g/mol. The summed E-state index contributed by atoms with van der Waals surface area (Å²) >= 11 is 0. The van der Waals surface area contributed by atoms with Crippen LogP contribution in [0.2, 0.25) is 0 Å². The van der Waals surface area contributed by atoms with Crippen LogP contribution in [0.15, 0.2) is 46.8 Å². The zero-order valence-electron chi connectivity index (χ0n) is 11.9. The number of nitro groups is 1. The number of hydrogen-bond acceptors (Lipinski definition) is 7. The molecule has 0 bridgehead atoms. The largest absolute Gasteiger partial charge is 0.506 e. The average molecular weight is 313 g/mol. The highest BCUT2D eigenvalue weighted by Crippen LogP contribution is 2.33. The lowest BCUT2D eigenvalue weighted by molar-refractivity contribution is -0.384. The van der Waals surface area contributed by atoms with Crippen LogP contribution in [0.1, 0.15) is 5.69 Å². The third kappa shape index (κ3) is 2.55. The summed E-state index contributed by atoms with van der Waals surface area (Å²) in [7, 11) is 0. The van der Waals surface area contributed by atoms with Crippen LogP contribution in [0, 0.1) is 17.0 Å². The first-order chi connectivity index (χ1) is 11.0. The van der Waals surface area contributed by atoms with Gasteiger partial charge >= 0.3 is 0 Å². The number of imidazole rings is 1. The van der Waals surface area contributed by atoms with Gasteiger partial charge in [0.25, 0.3) is 5.69 Å². The van der Waals surface area contributed by atoms with E-state index in [1.165, 1.54) is 22.6 Å². The summed E-state index contributed by atoms with van der Waals surface area (Å²) in [4.78, 5) is 14.4. The molecule has 0 saturated heterocycles.